The minimum absolute atomic E-state index is 0.0567. The van der Waals surface area contributed by atoms with E-state index in [2.05, 4.69) is 15.3 Å². The van der Waals surface area contributed by atoms with Crippen molar-refractivity contribution >= 4 is 27.7 Å². The van der Waals surface area contributed by atoms with Gasteiger partial charge in [0, 0.05) is 13.0 Å². The van der Waals surface area contributed by atoms with Gasteiger partial charge in [0.15, 0.2) is 0 Å². The summed E-state index contributed by atoms with van der Waals surface area (Å²) in [5.41, 5.74) is 5.10. The van der Waals surface area contributed by atoms with Gasteiger partial charge >= 0.3 is 0 Å². The van der Waals surface area contributed by atoms with Crippen molar-refractivity contribution in [3.63, 3.8) is 0 Å². The van der Waals surface area contributed by atoms with Gasteiger partial charge in [-0.3, -0.25) is 4.79 Å². The van der Waals surface area contributed by atoms with Gasteiger partial charge in [0.05, 0.1) is 5.69 Å². The molecule has 2 heterocycles. The van der Waals surface area contributed by atoms with Crippen LogP contribution in [0.25, 0.3) is 0 Å². The Morgan fingerprint density at radius 3 is 2.74 bits per heavy atom. The Hall–Kier alpha value is -2.16. The highest BCUT2D eigenvalue weighted by atomic mass is 32.2. The summed E-state index contributed by atoms with van der Waals surface area (Å²) in [5.74, 6) is 0.0930. The maximum Gasteiger partial charge on any atom is 0.239 e. The highest BCUT2D eigenvalue weighted by Crippen LogP contribution is 2.32. The topological polar surface area (TPSA) is 118 Å². The standard InChI is InChI=1S/C14H19N5O3S/c1-14(8-23(21,22)19(2)13(15)18-14)10-4-3-5-11(16-10)17-12(20)9-6-7-9/h3-5,9H,6-8H2,1-2H3,(H2,15,18)(H,16,17,20)/t14-/m0/s1. The SMILES string of the molecule is CN1C(N)=N[C@](C)(c2cccc(NC(=O)C3CC3)n2)CS1(=O)=O. The number of amides is 1. The number of aliphatic imine (C=N–C) groups is 1. The number of carbonyl (C=O) groups excluding carboxylic acids is 1. The molecule has 3 N–H and O–H groups in total. The largest absolute Gasteiger partial charge is 0.369 e. The number of nitrogens with one attached hydrogen (secondary N) is 1. The van der Waals surface area contributed by atoms with Crippen molar-refractivity contribution in [3.8, 4) is 0 Å². The first-order valence-corrected chi connectivity index (χ1v) is 8.92. The Morgan fingerprint density at radius 2 is 2.13 bits per heavy atom. The number of sulfonamides is 1. The summed E-state index contributed by atoms with van der Waals surface area (Å²) in [4.78, 5) is 20.5. The number of nitrogens with two attached hydrogens (primary N) is 1. The van der Waals surface area contributed by atoms with Crippen molar-refractivity contribution in [1.82, 2.24) is 9.29 Å². The van der Waals surface area contributed by atoms with Crippen LogP contribution in [-0.2, 0) is 20.4 Å². The van der Waals surface area contributed by atoms with Gasteiger partial charge in [-0.05, 0) is 31.9 Å². The van der Waals surface area contributed by atoms with Crippen LogP contribution in [-0.4, -0.2) is 42.4 Å². The van der Waals surface area contributed by atoms with E-state index in [0.29, 0.717) is 11.5 Å². The molecule has 3 rings (SSSR count). The average Bonchev–Trinajstić information content (AvgIpc) is 3.29. The van der Waals surface area contributed by atoms with Gasteiger partial charge in [0.2, 0.25) is 21.9 Å². The summed E-state index contributed by atoms with van der Waals surface area (Å²) >= 11 is 0. The molecule has 8 nitrogen and oxygen atoms in total. The van der Waals surface area contributed by atoms with E-state index in [1.54, 1.807) is 25.1 Å². The Kier molecular flexibility index (Phi) is 3.55. The minimum atomic E-state index is -3.56. The summed E-state index contributed by atoms with van der Waals surface area (Å²) in [6.45, 7) is 1.67. The molecule has 0 aromatic carbocycles. The molecule has 1 saturated carbocycles. The van der Waals surface area contributed by atoms with Gasteiger partial charge in [-0.1, -0.05) is 6.07 Å². The Morgan fingerprint density at radius 1 is 1.43 bits per heavy atom. The van der Waals surface area contributed by atoms with E-state index >= 15 is 0 Å². The zero-order chi connectivity index (χ0) is 16.8. The van der Waals surface area contributed by atoms with Crippen molar-refractivity contribution in [2.75, 3.05) is 18.1 Å². The predicted octanol–water partition coefficient (Wildman–Crippen LogP) is 0.235. The fourth-order valence-electron chi connectivity index (χ4n) is 2.46. The lowest BCUT2D eigenvalue weighted by atomic mass is 10.0. The van der Waals surface area contributed by atoms with Crippen LogP contribution in [0.1, 0.15) is 25.5 Å². The van der Waals surface area contributed by atoms with Crippen LogP contribution in [0.4, 0.5) is 5.82 Å². The van der Waals surface area contributed by atoms with Crippen molar-refractivity contribution in [2.45, 2.75) is 25.3 Å². The zero-order valence-corrected chi connectivity index (χ0v) is 13.8. The molecule has 9 heteroatoms. The van der Waals surface area contributed by atoms with Crippen LogP contribution in [0.15, 0.2) is 23.2 Å². The first-order chi connectivity index (χ1) is 10.7. The molecule has 0 spiro atoms. The van der Waals surface area contributed by atoms with E-state index < -0.39 is 15.6 Å². The van der Waals surface area contributed by atoms with Crippen LogP contribution in [0.5, 0.6) is 0 Å². The molecule has 0 radical (unpaired) electrons. The first-order valence-electron chi connectivity index (χ1n) is 7.32. The molecule has 124 valence electrons. The normalized spacial score (nSPS) is 26.5. The molecule has 1 aliphatic carbocycles. The van der Waals surface area contributed by atoms with Gasteiger partial charge < -0.3 is 11.1 Å². The van der Waals surface area contributed by atoms with E-state index in [0.717, 1.165) is 17.1 Å². The average molecular weight is 337 g/mol. The summed E-state index contributed by atoms with van der Waals surface area (Å²) in [7, 11) is -2.19. The van der Waals surface area contributed by atoms with Crippen molar-refractivity contribution in [1.29, 1.82) is 0 Å². The van der Waals surface area contributed by atoms with Crippen LogP contribution in [0.2, 0.25) is 0 Å². The van der Waals surface area contributed by atoms with E-state index in [4.69, 9.17) is 5.73 Å². The molecule has 0 unspecified atom stereocenters. The second kappa shape index (κ2) is 5.19. The molecule has 1 aromatic rings. The molecule has 1 aromatic heterocycles. The second-order valence-corrected chi connectivity index (χ2v) is 8.14. The van der Waals surface area contributed by atoms with Gasteiger partial charge in [0.1, 0.15) is 17.1 Å². The van der Waals surface area contributed by atoms with Crippen LogP contribution in [0.3, 0.4) is 0 Å². The monoisotopic (exact) mass is 337 g/mol. The smallest absolute Gasteiger partial charge is 0.239 e. The maximum atomic E-state index is 12.2. The molecule has 1 fully saturated rings. The summed E-state index contributed by atoms with van der Waals surface area (Å²) in [6, 6.07) is 5.07. The molecule has 1 amide bonds. The van der Waals surface area contributed by atoms with Gasteiger partial charge in [-0.2, -0.15) is 0 Å². The molecule has 23 heavy (non-hydrogen) atoms. The number of rotatable bonds is 3. The number of aromatic nitrogens is 1. The van der Waals surface area contributed by atoms with E-state index in [1.807, 2.05) is 0 Å². The maximum absolute atomic E-state index is 12.2. The number of guanidine groups is 1. The lowest BCUT2D eigenvalue weighted by Gasteiger charge is -2.33. The molecule has 1 aliphatic heterocycles. The highest BCUT2D eigenvalue weighted by molar-refractivity contribution is 7.89. The van der Waals surface area contributed by atoms with Crippen molar-refractivity contribution in [2.24, 2.45) is 16.6 Å². The molecule has 0 bridgehead atoms. The number of anilines is 1. The van der Waals surface area contributed by atoms with E-state index in [-0.39, 0.29) is 23.5 Å². The summed E-state index contributed by atoms with van der Waals surface area (Å²) in [5, 5.41) is 2.75. The molecule has 0 saturated heterocycles. The van der Waals surface area contributed by atoms with Crippen molar-refractivity contribution < 1.29 is 13.2 Å². The minimum Gasteiger partial charge on any atom is -0.369 e. The lowest BCUT2D eigenvalue weighted by Crippen LogP contribution is -2.50. The lowest BCUT2D eigenvalue weighted by molar-refractivity contribution is -0.117. The van der Waals surface area contributed by atoms with Crippen LogP contribution >= 0.6 is 0 Å². The molecular weight excluding hydrogens is 318 g/mol. The Balaban J connectivity index is 1.93. The van der Waals surface area contributed by atoms with Crippen LogP contribution in [0, 0.1) is 5.92 Å². The van der Waals surface area contributed by atoms with E-state index in [1.165, 1.54) is 7.05 Å². The molecule has 2 aliphatic rings. The van der Waals surface area contributed by atoms with Crippen molar-refractivity contribution in [3.05, 3.63) is 23.9 Å². The molecule has 1 atom stereocenters. The third kappa shape index (κ3) is 3.00. The summed E-state index contributed by atoms with van der Waals surface area (Å²) in [6.07, 6.45) is 1.79. The quantitative estimate of drug-likeness (QED) is 0.819. The fraction of sp³-hybridized carbons (Fsp3) is 0.500. The third-order valence-corrected chi connectivity index (χ3v) is 6.01. The number of pyridine rings is 1. The highest BCUT2D eigenvalue weighted by Gasteiger charge is 2.41. The number of hydrogen-bond donors (Lipinski definition) is 2. The van der Waals surface area contributed by atoms with Crippen LogP contribution < -0.4 is 11.1 Å². The Bertz CT molecular complexity index is 787. The summed E-state index contributed by atoms with van der Waals surface area (Å²) < 4.78 is 25.4. The molecular formula is C14H19N5O3S. The fourth-order valence-corrected chi connectivity index (χ4v) is 3.90. The second-order valence-electron chi connectivity index (χ2n) is 6.14. The predicted molar refractivity (Wildman–Crippen MR) is 86.1 cm³/mol. The zero-order valence-electron chi connectivity index (χ0n) is 13.0. The van der Waals surface area contributed by atoms with Gasteiger partial charge in [0.25, 0.3) is 0 Å². The number of hydrogen-bond acceptors (Lipinski definition) is 6. The third-order valence-electron chi connectivity index (χ3n) is 4.06. The van der Waals surface area contributed by atoms with Gasteiger partial charge in [-0.25, -0.2) is 22.7 Å². The number of carbonyl (C=O) groups is 1. The Labute approximate surface area is 134 Å². The first kappa shape index (κ1) is 15.7. The van der Waals surface area contributed by atoms with Gasteiger partial charge in [-0.15, -0.1) is 0 Å². The number of nitrogens with zero attached hydrogens (tertiary/aromatic N) is 3. The van der Waals surface area contributed by atoms with E-state index in [9.17, 15) is 13.2 Å².